The van der Waals surface area contributed by atoms with Gasteiger partial charge in [-0.3, -0.25) is 0 Å². The number of fused-ring (bicyclic) bond motifs is 1. The van der Waals surface area contributed by atoms with E-state index in [1.807, 2.05) is 6.07 Å². The largest absolute Gasteiger partial charge is 0.506 e. The third kappa shape index (κ3) is 1.44. The van der Waals surface area contributed by atoms with E-state index < -0.39 is 0 Å². The number of hydrogen-bond donors (Lipinski definition) is 2. The molecule has 2 aromatic rings. The Morgan fingerprint density at radius 2 is 2.29 bits per heavy atom. The number of nitrogens with zero attached hydrogens (tertiary/aromatic N) is 1. The zero-order valence-electron chi connectivity index (χ0n) is 7.73. The Bertz CT molecular complexity index is 437. The average molecular weight is 192 g/mol. The summed E-state index contributed by atoms with van der Waals surface area (Å²) in [5, 5.41) is 14.1. The van der Waals surface area contributed by atoms with Crippen LogP contribution in [-0.4, -0.2) is 16.8 Å². The highest BCUT2D eigenvalue weighted by atomic mass is 16.5. The molecule has 0 aliphatic heterocycles. The maximum atomic E-state index is 9.46. The molecule has 0 aliphatic carbocycles. The zero-order valence-corrected chi connectivity index (χ0v) is 7.73. The van der Waals surface area contributed by atoms with Crippen molar-refractivity contribution in [1.29, 1.82) is 0 Å². The van der Waals surface area contributed by atoms with Gasteiger partial charge in [-0.05, 0) is 25.1 Å². The molecule has 0 bridgehead atoms. The van der Waals surface area contributed by atoms with Crippen molar-refractivity contribution in [3.05, 3.63) is 24.0 Å². The van der Waals surface area contributed by atoms with E-state index in [0.717, 1.165) is 24.0 Å². The summed E-state index contributed by atoms with van der Waals surface area (Å²) >= 11 is 0. The van der Waals surface area contributed by atoms with Crippen molar-refractivity contribution < 1.29 is 9.63 Å². The Labute approximate surface area is 81.3 Å². The Morgan fingerprint density at radius 3 is 3.07 bits per heavy atom. The van der Waals surface area contributed by atoms with Crippen molar-refractivity contribution in [2.45, 2.75) is 12.8 Å². The van der Waals surface area contributed by atoms with E-state index in [0.29, 0.717) is 12.1 Å². The highest BCUT2D eigenvalue weighted by Gasteiger charge is 2.09. The van der Waals surface area contributed by atoms with E-state index in [4.69, 9.17) is 10.3 Å². The van der Waals surface area contributed by atoms with E-state index in [1.165, 1.54) is 0 Å². The van der Waals surface area contributed by atoms with Crippen LogP contribution in [0.5, 0.6) is 5.75 Å². The highest BCUT2D eigenvalue weighted by molar-refractivity contribution is 5.85. The van der Waals surface area contributed by atoms with Crippen LogP contribution in [0, 0.1) is 0 Å². The molecule has 1 aromatic carbocycles. The van der Waals surface area contributed by atoms with E-state index >= 15 is 0 Å². The maximum absolute atomic E-state index is 9.46. The average Bonchev–Trinajstić information content (AvgIpc) is 2.60. The second kappa shape index (κ2) is 3.67. The molecule has 0 amide bonds. The minimum absolute atomic E-state index is 0.158. The number of phenols is 1. The third-order valence-electron chi connectivity index (χ3n) is 2.17. The lowest BCUT2D eigenvalue weighted by molar-refractivity contribution is 0.386. The molecule has 0 aliphatic rings. The van der Waals surface area contributed by atoms with Crippen molar-refractivity contribution in [2.24, 2.45) is 5.73 Å². The van der Waals surface area contributed by atoms with Crippen LogP contribution in [0.3, 0.4) is 0 Å². The Balaban J connectivity index is 2.42. The van der Waals surface area contributed by atoms with Gasteiger partial charge in [0.15, 0.2) is 5.52 Å². The molecule has 4 nitrogen and oxygen atoms in total. The molecule has 0 atom stereocenters. The molecule has 2 rings (SSSR count). The lowest BCUT2D eigenvalue weighted by Crippen LogP contribution is -1.99. The van der Waals surface area contributed by atoms with Crippen molar-refractivity contribution in [2.75, 3.05) is 6.54 Å². The highest BCUT2D eigenvalue weighted by Crippen LogP contribution is 2.26. The number of aromatic nitrogens is 1. The molecule has 0 saturated heterocycles. The minimum atomic E-state index is 0.158. The monoisotopic (exact) mass is 192 g/mol. The van der Waals surface area contributed by atoms with E-state index in [2.05, 4.69) is 5.16 Å². The van der Waals surface area contributed by atoms with Gasteiger partial charge in [0.05, 0.1) is 0 Å². The zero-order chi connectivity index (χ0) is 9.97. The van der Waals surface area contributed by atoms with E-state index in [1.54, 1.807) is 12.1 Å². The van der Waals surface area contributed by atoms with Gasteiger partial charge in [0, 0.05) is 11.8 Å². The molecule has 1 heterocycles. The van der Waals surface area contributed by atoms with Crippen LogP contribution in [0.15, 0.2) is 22.7 Å². The first-order chi connectivity index (χ1) is 6.83. The first-order valence-electron chi connectivity index (χ1n) is 4.59. The molecule has 74 valence electrons. The number of aromatic hydroxyl groups is 1. The fourth-order valence-electron chi connectivity index (χ4n) is 1.45. The predicted molar refractivity (Wildman–Crippen MR) is 53.0 cm³/mol. The lowest BCUT2D eigenvalue weighted by atomic mass is 10.1. The lowest BCUT2D eigenvalue weighted by Gasteiger charge is -1.94. The van der Waals surface area contributed by atoms with Crippen LogP contribution in [0.2, 0.25) is 0 Å². The fraction of sp³-hybridized carbons (Fsp3) is 0.300. The normalized spacial score (nSPS) is 10.9. The molecule has 0 unspecified atom stereocenters. The summed E-state index contributed by atoms with van der Waals surface area (Å²) in [4.78, 5) is 0. The molecular formula is C10H12N2O2. The van der Waals surface area contributed by atoms with Gasteiger partial charge in [0.25, 0.3) is 0 Å². The van der Waals surface area contributed by atoms with Crippen molar-refractivity contribution in [1.82, 2.24) is 5.16 Å². The van der Waals surface area contributed by atoms with Crippen molar-refractivity contribution in [3.63, 3.8) is 0 Å². The first-order valence-corrected chi connectivity index (χ1v) is 4.59. The van der Waals surface area contributed by atoms with Crippen molar-refractivity contribution >= 4 is 10.9 Å². The second-order valence-corrected chi connectivity index (χ2v) is 3.17. The summed E-state index contributed by atoms with van der Waals surface area (Å²) in [5.74, 6) is 0.951. The first kappa shape index (κ1) is 9.02. The Morgan fingerprint density at radius 1 is 1.43 bits per heavy atom. The molecule has 3 N–H and O–H groups in total. The standard InChI is InChI=1S/C10H12N2O2/c11-6-2-5-9-7-3-1-4-8(13)10(7)12-14-9/h1,3-4,13H,2,5-6,11H2. The fourth-order valence-corrected chi connectivity index (χ4v) is 1.45. The number of aryl methyl sites for hydroxylation is 1. The van der Waals surface area contributed by atoms with E-state index in [9.17, 15) is 5.11 Å². The van der Waals surface area contributed by atoms with Gasteiger partial charge >= 0.3 is 0 Å². The van der Waals surface area contributed by atoms with Crippen LogP contribution in [-0.2, 0) is 6.42 Å². The number of nitrogens with two attached hydrogens (primary N) is 1. The van der Waals surface area contributed by atoms with Gasteiger partial charge in [0.2, 0.25) is 0 Å². The van der Waals surface area contributed by atoms with Crippen LogP contribution in [0.1, 0.15) is 12.2 Å². The second-order valence-electron chi connectivity index (χ2n) is 3.17. The van der Waals surface area contributed by atoms with Gasteiger partial charge in [0.1, 0.15) is 11.5 Å². The number of hydrogen-bond acceptors (Lipinski definition) is 4. The van der Waals surface area contributed by atoms with Gasteiger partial charge in [-0.1, -0.05) is 11.2 Å². The summed E-state index contributed by atoms with van der Waals surface area (Å²) in [6, 6.07) is 5.26. The van der Waals surface area contributed by atoms with Gasteiger partial charge in [-0.25, -0.2) is 0 Å². The molecule has 0 radical (unpaired) electrons. The summed E-state index contributed by atoms with van der Waals surface area (Å²) in [7, 11) is 0. The number of rotatable bonds is 3. The summed E-state index contributed by atoms with van der Waals surface area (Å²) in [6.07, 6.45) is 1.62. The topological polar surface area (TPSA) is 72.3 Å². The number of phenolic OH excluding ortho intramolecular Hbond substituents is 1. The number of benzene rings is 1. The van der Waals surface area contributed by atoms with Gasteiger partial charge in [-0.2, -0.15) is 0 Å². The van der Waals surface area contributed by atoms with Crippen LogP contribution in [0.25, 0.3) is 10.9 Å². The molecular weight excluding hydrogens is 180 g/mol. The van der Waals surface area contributed by atoms with E-state index in [-0.39, 0.29) is 5.75 Å². The molecule has 0 spiro atoms. The summed E-state index contributed by atoms with van der Waals surface area (Å²) < 4.78 is 5.13. The minimum Gasteiger partial charge on any atom is -0.506 e. The molecule has 0 fully saturated rings. The SMILES string of the molecule is NCCCc1onc2c(O)cccc12. The smallest absolute Gasteiger partial charge is 0.155 e. The maximum Gasteiger partial charge on any atom is 0.155 e. The molecule has 4 heteroatoms. The third-order valence-corrected chi connectivity index (χ3v) is 2.17. The Hall–Kier alpha value is -1.55. The molecule has 1 aromatic heterocycles. The predicted octanol–water partition coefficient (Wildman–Crippen LogP) is 1.42. The van der Waals surface area contributed by atoms with Crippen LogP contribution in [0.4, 0.5) is 0 Å². The van der Waals surface area contributed by atoms with Crippen molar-refractivity contribution in [3.8, 4) is 5.75 Å². The molecule has 0 saturated carbocycles. The van der Waals surface area contributed by atoms with Crippen LogP contribution >= 0.6 is 0 Å². The summed E-state index contributed by atoms with van der Waals surface area (Å²) in [5.41, 5.74) is 5.93. The summed E-state index contributed by atoms with van der Waals surface area (Å²) in [6.45, 7) is 0.626. The molecule has 14 heavy (non-hydrogen) atoms. The van der Waals surface area contributed by atoms with Crippen LogP contribution < -0.4 is 5.73 Å². The quantitative estimate of drug-likeness (QED) is 0.771. The van der Waals surface area contributed by atoms with Gasteiger partial charge < -0.3 is 15.4 Å². The Kier molecular flexibility index (Phi) is 2.37. The van der Waals surface area contributed by atoms with Gasteiger partial charge in [-0.15, -0.1) is 0 Å².